The van der Waals surface area contributed by atoms with Gasteiger partial charge in [-0.2, -0.15) is 0 Å². The van der Waals surface area contributed by atoms with E-state index >= 15 is 0 Å². The highest BCUT2D eigenvalue weighted by molar-refractivity contribution is 6.15. The van der Waals surface area contributed by atoms with Gasteiger partial charge in [0.2, 0.25) is 5.91 Å². The molecule has 1 unspecified atom stereocenters. The maximum atomic E-state index is 13.3. The van der Waals surface area contributed by atoms with Gasteiger partial charge in [0.05, 0.1) is 5.56 Å². The van der Waals surface area contributed by atoms with Crippen molar-refractivity contribution in [3.05, 3.63) is 71.3 Å². The zero-order valence-electron chi connectivity index (χ0n) is 18.1. The quantitative estimate of drug-likeness (QED) is 0.705. The normalized spacial score (nSPS) is 19.8. The van der Waals surface area contributed by atoms with Crippen LogP contribution in [0.3, 0.4) is 0 Å². The molecule has 5 nitrogen and oxygen atoms in total. The monoisotopic (exact) mass is 418 g/mol. The molecule has 0 aromatic heterocycles. The standard InChI is InChI=1S/C26H30N2O3/c1-19-8-7-15-28(18-19)25(30)21-13-16-27(17-14-21)26(31)23-12-6-5-11-22(23)24(29)20-9-3-2-4-10-20/h2-6,9-12,19,21H,7-8,13-18H2,1H3. The number of likely N-dealkylation sites (tertiary alicyclic amines) is 2. The zero-order chi connectivity index (χ0) is 21.8. The van der Waals surface area contributed by atoms with Crippen molar-refractivity contribution in [2.75, 3.05) is 26.2 Å². The maximum absolute atomic E-state index is 13.3. The Morgan fingerprint density at radius 3 is 2.10 bits per heavy atom. The number of nitrogens with zero attached hydrogens (tertiary/aromatic N) is 2. The topological polar surface area (TPSA) is 57.7 Å². The van der Waals surface area contributed by atoms with Crippen LogP contribution in [0.15, 0.2) is 54.6 Å². The van der Waals surface area contributed by atoms with E-state index in [0.29, 0.717) is 48.5 Å². The fourth-order valence-corrected chi connectivity index (χ4v) is 4.76. The van der Waals surface area contributed by atoms with Crippen LogP contribution in [0.1, 0.15) is 58.9 Å². The van der Waals surface area contributed by atoms with Crippen molar-refractivity contribution < 1.29 is 14.4 Å². The van der Waals surface area contributed by atoms with Gasteiger partial charge in [-0.05, 0) is 37.7 Å². The van der Waals surface area contributed by atoms with Crippen LogP contribution in [0.25, 0.3) is 0 Å². The van der Waals surface area contributed by atoms with Crippen LogP contribution in [-0.4, -0.2) is 53.6 Å². The first-order chi connectivity index (χ1) is 15.0. The highest BCUT2D eigenvalue weighted by Gasteiger charge is 2.32. The van der Waals surface area contributed by atoms with Crippen LogP contribution < -0.4 is 0 Å². The molecule has 0 saturated carbocycles. The van der Waals surface area contributed by atoms with Gasteiger partial charge in [0.1, 0.15) is 0 Å². The van der Waals surface area contributed by atoms with Gasteiger partial charge in [0.15, 0.2) is 5.78 Å². The number of rotatable bonds is 4. The molecule has 0 N–H and O–H groups in total. The number of carbonyl (C=O) groups excluding carboxylic acids is 3. The van der Waals surface area contributed by atoms with E-state index in [-0.39, 0.29) is 23.5 Å². The van der Waals surface area contributed by atoms with Gasteiger partial charge >= 0.3 is 0 Å². The lowest BCUT2D eigenvalue weighted by Gasteiger charge is -2.37. The van der Waals surface area contributed by atoms with Crippen molar-refractivity contribution in [3.8, 4) is 0 Å². The zero-order valence-corrected chi connectivity index (χ0v) is 18.1. The molecule has 2 aliphatic rings. The molecule has 2 amide bonds. The first kappa shape index (κ1) is 21.3. The summed E-state index contributed by atoms with van der Waals surface area (Å²) in [6, 6.07) is 16.1. The van der Waals surface area contributed by atoms with E-state index in [1.54, 1.807) is 41.3 Å². The maximum Gasteiger partial charge on any atom is 0.254 e. The summed E-state index contributed by atoms with van der Waals surface area (Å²) in [7, 11) is 0. The van der Waals surface area contributed by atoms with Crippen LogP contribution in [0.4, 0.5) is 0 Å². The van der Waals surface area contributed by atoms with E-state index in [1.165, 1.54) is 6.42 Å². The second kappa shape index (κ2) is 9.46. The van der Waals surface area contributed by atoms with Crippen molar-refractivity contribution in [1.82, 2.24) is 9.80 Å². The fourth-order valence-electron chi connectivity index (χ4n) is 4.76. The summed E-state index contributed by atoms with van der Waals surface area (Å²) < 4.78 is 0. The minimum atomic E-state index is -0.145. The number of hydrogen-bond acceptors (Lipinski definition) is 3. The SMILES string of the molecule is CC1CCCN(C(=O)C2CCN(C(=O)c3ccccc3C(=O)c3ccccc3)CC2)C1. The predicted molar refractivity (Wildman–Crippen MR) is 120 cm³/mol. The molecule has 1 atom stereocenters. The Kier molecular flexibility index (Phi) is 6.50. The number of benzene rings is 2. The molecule has 0 bridgehead atoms. The third-order valence-corrected chi connectivity index (χ3v) is 6.54. The molecule has 2 heterocycles. The molecule has 2 saturated heterocycles. The highest BCUT2D eigenvalue weighted by atomic mass is 16.2. The van der Waals surface area contributed by atoms with E-state index < -0.39 is 0 Å². The number of piperidine rings is 2. The van der Waals surface area contributed by atoms with Gasteiger partial charge in [0, 0.05) is 43.2 Å². The van der Waals surface area contributed by atoms with Crippen molar-refractivity contribution >= 4 is 17.6 Å². The lowest BCUT2D eigenvalue weighted by molar-refractivity contribution is -0.138. The summed E-state index contributed by atoms with van der Waals surface area (Å²) in [5, 5.41) is 0. The second-order valence-corrected chi connectivity index (χ2v) is 8.84. The fraction of sp³-hybridized carbons (Fsp3) is 0.423. The van der Waals surface area contributed by atoms with Gasteiger partial charge in [-0.3, -0.25) is 14.4 Å². The van der Waals surface area contributed by atoms with Crippen molar-refractivity contribution in [2.24, 2.45) is 11.8 Å². The average molecular weight is 419 g/mol. The summed E-state index contributed by atoms with van der Waals surface area (Å²) >= 11 is 0. The Labute approximate surface area is 184 Å². The number of amides is 2. The molecule has 0 aliphatic carbocycles. The summed E-state index contributed by atoms with van der Waals surface area (Å²) in [4.78, 5) is 43.0. The number of ketones is 1. The molecule has 0 radical (unpaired) electrons. The van der Waals surface area contributed by atoms with Gasteiger partial charge in [-0.1, -0.05) is 55.5 Å². The average Bonchev–Trinajstić information content (AvgIpc) is 2.83. The first-order valence-electron chi connectivity index (χ1n) is 11.3. The van der Waals surface area contributed by atoms with E-state index in [4.69, 9.17) is 0 Å². The smallest absolute Gasteiger partial charge is 0.254 e. The van der Waals surface area contributed by atoms with E-state index in [2.05, 4.69) is 6.92 Å². The molecule has 2 aliphatic heterocycles. The predicted octanol–water partition coefficient (Wildman–Crippen LogP) is 4.03. The van der Waals surface area contributed by atoms with Crippen LogP contribution in [-0.2, 0) is 4.79 Å². The third-order valence-electron chi connectivity index (χ3n) is 6.54. The largest absolute Gasteiger partial charge is 0.342 e. The Bertz CT molecular complexity index is 948. The molecule has 162 valence electrons. The van der Waals surface area contributed by atoms with E-state index in [9.17, 15) is 14.4 Å². The Balaban J connectivity index is 1.43. The molecule has 31 heavy (non-hydrogen) atoms. The van der Waals surface area contributed by atoms with Crippen molar-refractivity contribution in [1.29, 1.82) is 0 Å². The molecule has 4 rings (SSSR count). The molecule has 0 spiro atoms. The molecule has 2 aromatic rings. The minimum Gasteiger partial charge on any atom is -0.342 e. The van der Waals surface area contributed by atoms with Crippen LogP contribution in [0, 0.1) is 11.8 Å². The Morgan fingerprint density at radius 2 is 1.42 bits per heavy atom. The summed E-state index contributed by atoms with van der Waals surface area (Å²) in [6.07, 6.45) is 3.64. The number of carbonyl (C=O) groups is 3. The molecular formula is C26H30N2O3. The van der Waals surface area contributed by atoms with Gasteiger partial charge in [-0.25, -0.2) is 0 Å². The molecule has 2 aromatic carbocycles. The first-order valence-corrected chi connectivity index (χ1v) is 11.3. The second-order valence-electron chi connectivity index (χ2n) is 8.84. The van der Waals surface area contributed by atoms with E-state index in [1.807, 2.05) is 23.1 Å². The van der Waals surface area contributed by atoms with Gasteiger partial charge in [0.25, 0.3) is 5.91 Å². The lowest BCUT2D eigenvalue weighted by atomic mass is 9.92. The van der Waals surface area contributed by atoms with Crippen LogP contribution in [0.2, 0.25) is 0 Å². The van der Waals surface area contributed by atoms with Crippen molar-refractivity contribution in [2.45, 2.75) is 32.6 Å². The van der Waals surface area contributed by atoms with Crippen LogP contribution in [0.5, 0.6) is 0 Å². The summed E-state index contributed by atoms with van der Waals surface area (Å²) in [6.45, 7) is 5.01. The lowest BCUT2D eigenvalue weighted by Crippen LogP contribution is -2.47. The Hall–Kier alpha value is -2.95. The third kappa shape index (κ3) is 4.71. The summed E-state index contributed by atoms with van der Waals surface area (Å²) in [5.74, 6) is 0.540. The molecular weight excluding hydrogens is 388 g/mol. The Morgan fingerprint density at radius 1 is 0.774 bits per heavy atom. The van der Waals surface area contributed by atoms with E-state index in [0.717, 1.165) is 19.5 Å². The van der Waals surface area contributed by atoms with Gasteiger partial charge in [-0.15, -0.1) is 0 Å². The molecule has 5 heteroatoms. The minimum absolute atomic E-state index is 0.00413. The number of hydrogen-bond donors (Lipinski definition) is 0. The highest BCUT2D eigenvalue weighted by Crippen LogP contribution is 2.25. The summed E-state index contributed by atoms with van der Waals surface area (Å²) in [5.41, 5.74) is 1.44. The van der Waals surface area contributed by atoms with Crippen molar-refractivity contribution in [3.63, 3.8) is 0 Å². The van der Waals surface area contributed by atoms with Gasteiger partial charge < -0.3 is 9.80 Å². The molecule has 2 fully saturated rings. The van der Waals surface area contributed by atoms with Crippen LogP contribution >= 0.6 is 0 Å².